The summed E-state index contributed by atoms with van der Waals surface area (Å²) in [6, 6.07) is 4.84. The van der Waals surface area contributed by atoms with Crippen LogP contribution in [0.2, 0.25) is 0 Å². The van der Waals surface area contributed by atoms with Crippen molar-refractivity contribution in [2.24, 2.45) is 0 Å². The van der Waals surface area contributed by atoms with Gasteiger partial charge in [-0.3, -0.25) is 9.59 Å². The molecule has 9 heteroatoms. The van der Waals surface area contributed by atoms with Crippen LogP contribution in [0.1, 0.15) is 17.4 Å². The van der Waals surface area contributed by atoms with Gasteiger partial charge in [0.05, 0.1) is 5.69 Å². The lowest BCUT2D eigenvalue weighted by Gasteiger charge is -2.23. The molecule has 2 heterocycles. The summed E-state index contributed by atoms with van der Waals surface area (Å²) in [5.74, 6) is -0.389. The first kappa shape index (κ1) is 12.9. The van der Waals surface area contributed by atoms with Crippen molar-refractivity contribution < 1.29 is 19.0 Å². The van der Waals surface area contributed by atoms with Gasteiger partial charge in [0.2, 0.25) is 11.5 Å². The fraction of sp³-hybridized carbons (Fsp3) is 0.167. The minimum absolute atomic E-state index is 0.101. The van der Waals surface area contributed by atoms with E-state index in [-0.39, 0.29) is 17.4 Å². The smallest absolute Gasteiger partial charge is 0.281 e. The molecule has 21 heavy (non-hydrogen) atoms. The van der Waals surface area contributed by atoms with Crippen LogP contribution in [0.15, 0.2) is 22.8 Å². The van der Waals surface area contributed by atoms with E-state index in [2.05, 4.69) is 25.6 Å². The Labute approximate surface area is 118 Å². The molecule has 0 fully saturated rings. The summed E-state index contributed by atoms with van der Waals surface area (Å²) >= 11 is 0. The standard InChI is InChI=1S/C12H11N5O4/c1-5-11(18)15-7-4-6(2-3-8(7)20-5)14-12(19)9-10(13)17-21-16-9/h2-5H,1H3,(H2,13,17)(H,14,19)(H,15,18). The highest BCUT2D eigenvalue weighted by Gasteiger charge is 2.24. The number of anilines is 3. The topological polar surface area (TPSA) is 132 Å². The van der Waals surface area contributed by atoms with Gasteiger partial charge in [-0.05, 0) is 35.4 Å². The average Bonchev–Trinajstić information content (AvgIpc) is 2.87. The molecule has 0 bridgehead atoms. The molecule has 1 aliphatic rings. The summed E-state index contributed by atoms with van der Waals surface area (Å²) in [5, 5.41) is 12.0. The van der Waals surface area contributed by atoms with Crippen LogP contribution >= 0.6 is 0 Å². The molecule has 0 saturated carbocycles. The fourth-order valence-electron chi connectivity index (χ4n) is 1.83. The number of hydrogen-bond acceptors (Lipinski definition) is 7. The molecule has 1 aromatic heterocycles. The SMILES string of the molecule is CC1Oc2ccc(NC(=O)c3nonc3N)cc2NC1=O. The summed E-state index contributed by atoms with van der Waals surface area (Å²) in [7, 11) is 0. The maximum atomic E-state index is 11.9. The molecule has 4 N–H and O–H groups in total. The highest BCUT2D eigenvalue weighted by atomic mass is 16.6. The Kier molecular flexibility index (Phi) is 2.94. The molecule has 3 rings (SSSR count). The second-order valence-electron chi connectivity index (χ2n) is 4.41. The first-order valence-electron chi connectivity index (χ1n) is 6.05. The second-order valence-corrected chi connectivity index (χ2v) is 4.41. The van der Waals surface area contributed by atoms with E-state index in [9.17, 15) is 9.59 Å². The van der Waals surface area contributed by atoms with Crippen LogP contribution in [0, 0.1) is 0 Å². The molecule has 2 aromatic rings. The summed E-state index contributed by atoms with van der Waals surface area (Å²) in [4.78, 5) is 23.5. The lowest BCUT2D eigenvalue weighted by atomic mass is 10.2. The number of ether oxygens (including phenoxy) is 1. The Morgan fingerprint density at radius 1 is 1.43 bits per heavy atom. The highest BCUT2D eigenvalue weighted by molar-refractivity contribution is 6.06. The number of nitrogens with one attached hydrogen (secondary N) is 2. The monoisotopic (exact) mass is 289 g/mol. The lowest BCUT2D eigenvalue weighted by molar-refractivity contribution is -0.122. The van der Waals surface area contributed by atoms with Crippen molar-refractivity contribution in [2.45, 2.75) is 13.0 Å². The Morgan fingerprint density at radius 3 is 2.95 bits per heavy atom. The van der Waals surface area contributed by atoms with Gasteiger partial charge >= 0.3 is 0 Å². The molecule has 1 atom stereocenters. The third-order valence-corrected chi connectivity index (χ3v) is 2.90. The molecule has 1 aromatic carbocycles. The summed E-state index contributed by atoms with van der Waals surface area (Å²) in [6.07, 6.45) is -0.557. The summed E-state index contributed by atoms with van der Waals surface area (Å²) < 4.78 is 9.77. The summed E-state index contributed by atoms with van der Waals surface area (Å²) in [5.41, 5.74) is 6.24. The lowest BCUT2D eigenvalue weighted by Crippen LogP contribution is -2.34. The normalized spacial score (nSPS) is 16.6. The number of nitrogens with two attached hydrogens (primary N) is 1. The van der Waals surface area contributed by atoms with E-state index in [1.807, 2.05) is 0 Å². The van der Waals surface area contributed by atoms with Crippen molar-refractivity contribution in [3.05, 3.63) is 23.9 Å². The molecule has 1 aliphatic heterocycles. The van der Waals surface area contributed by atoms with Crippen LogP contribution in [-0.2, 0) is 4.79 Å². The van der Waals surface area contributed by atoms with Crippen molar-refractivity contribution in [1.82, 2.24) is 10.3 Å². The Balaban J connectivity index is 1.82. The van der Waals surface area contributed by atoms with E-state index >= 15 is 0 Å². The van der Waals surface area contributed by atoms with Crippen LogP contribution in [0.4, 0.5) is 17.2 Å². The minimum Gasteiger partial charge on any atom is -0.479 e. The maximum absolute atomic E-state index is 11.9. The van der Waals surface area contributed by atoms with Crippen LogP contribution in [0.3, 0.4) is 0 Å². The van der Waals surface area contributed by atoms with E-state index in [0.29, 0.717) is 17.1 Å². The molecule has 0 saturated heterocycles. The second kappa shape index (κ2) is 4.78. The fourth-order valence-corrected chi connectivity index (χ4v) is 1.83. The quantitative estimate of drug-likeness (QED) is 0.738. The number of nitrogen functional groups attached to an aromatic ring is 1. The number of benzene rings is 1. The van der Waals surface area contributed by atoms with Crippen molar-refractivity contribution in [3.8, 4) is 5.75 Å². The van der Waals surface area contributed by atoms with Crippen molar-refractivity contribution >= 4 is 29.0 Å². The highest BCUT2D eigenvalue weighted by Crippen LogP contribution is 2.32. The number of rotatable bonds is 2. The van der Waals surface area contributed by atoms with Gasteiger partial charge in [0.25, 0.3) is 11.8 Å². The van der Waals surface area contributed by atoms with Gasteiger partial charge in [0.1, 0.15) is 5.75 Å². The zero-order valence-corrected chi connectivity index (χ0v) is 10.9. The number of amides is 2. The van der Waals surface area contributed by atoms with E-state index in [4.69, 9.17) is 10.5 Å². The first-order valence-corrected chi connectivity index (χ1v) is 6.05. The summed E-state index contributed by atoms with van der Waals surface area (Å²) in [6.45, 7) is 1.65. The molecule has 0 aliphatic carbocycles. The Bertz CT molecular complexity index is 726. The van der Waals surface area contributed by atoms with Gasteiger partial charge < -0.3 is 21.1 Å². The predicted octanol–water partition coefficient (Wildman–Crippen LogP) is 0.623. The van der Waals surface area contributed by atoms with E-state index in [0.717, 1.165) is 0 Å². The van der Waals surface area contributed by atoms with Gasteiger partial charge in [-0.15, -0.1) is 0 Å². The Morgan fingerprint density at radius 2 is 2.24 bits per heavy atom. The van der Waals surface area contributed by atoms with Gasteiger partial charge in [-0.1, -0.05) is 0 Å². The molecule has 2 amide bonds. The zero-order chi connectivity index (χ0) is 15.0. The molecule has 108 valence electrons. The Hall–Kier alpha value is -3.10. The molecular weight excluding hydrogens is 278 g/mol. The van der Waals surface area contributed by atoms with Crippen LogP contribution in [-0.4, -0.2) is 28.2 Å². The number of hydrogen-bond donors (Lipinski definition) is 3. The maximum Gasteiger partial charge on any atom is 0.281 e. The van der Waals surface area contributed by atoms with E-state index in [1.54, 1.807) is 25.1 Å². The van der Waals surface area contributed by atoms with E-state index in [1.165, 1.54) is 0 Å². The molecule has 0 spiro atoms. The molecule has 0 radical (unpaired) electrons. The molecular formula is C12H11N5O4. The van der Waals surface area contributed by atoms with Crippen molar-refractivity contribution in [1.29, 1.82) is 0 Å². The number of aromatic nitrogens is 2. The van der Waals surface area contributed by atoms with Crippen LogP contribution in [0.5, 0.6) is 5.75 Å². The number of carbonyl (C=O) groups is 2. The van der Waals surface area contributed by atoms with Crippen LogP contribution in [0.25, 0.3) is 0 Å². The third-order valence-electron chi connectivity index (χ3n) is 2.90. The van der Waals surface area contributed by atoms with Crippen LogP contribution < -0.4 is 21.1 Å². The average molecular weight is 289 g/mol. The van der Waals surface area contributed by atoms with Crippen molar-refractivity contribution in [2.75, 3.05) is 16.4 Å². The first-order chi connectivity index (χ1) is 10.0. The van der Waals surface area contributed by atoms with E-state index < -0.39 is 12.0 Å². The molecule has 9 nitrogen and oxygen atoms in total. The van der Waals surface area contributed by atoms with Gasteiger partial charge in [0, 0.05) is 5.69 Å². The largest absolute Gasteiger partial charge is 0.479 e. The van der Waals surface area contributed by atoms with Gasteiger partial charge in [0.15, 0.2) is 6.10 Å². The number of nitrogens with zero attached hydrogens (tertiary/aromatic N) is 2. The zero-order valence-electron chi connectivity index (χ0n) is 10.9. The predicted molar refractivity (Wildman–Crippen MR) is 71.8 cm³/mol. The van der Waals surface area contributed by atoms with Crippen molar-refractivity contribution in [3.63, 3.8) is 0 Å². The number of fused-ring (bicyclic) bond motifs is 1. The number of carbonyl (C=O) groups excluding carboxylic acids is 2. The molecule has 1 unspecified atom stereocenters. The third kappa shape index (κ3) is 2.36. The minimum atomic E-state index is -0.565. The van der Waals surface area contributed by atoms with Gasteiger partial charge in [-0.25, -0.2) is 4.63 Å². The van der Waals surface area contributed by atoms with Gasteiger partial charge in [-0.2, -0.15) is 0 Å².